The Morgan fingerprint density at radius 1 is 1.31 bits per heavy atom. The van der Waals surface area contributed by atoms with E-state index in [-0.39, 0.29) is 23.6 Å². The lowest BCUT2D eigenvalue weighted by molar-refractivity contribution is -0.138. The van der Waals surface area contributed by atoms with Gasteiger partial charge in [-0.2, -0.15) is 13.2 Å². The van der Waals surface area contributed by atoms with Crippen LogP contribution in [0.2, 0.25) is 0 Å². The molecular formula is C22H24F4N2O4. The van der Waals surface area contributed by atoms with Gasteiger partial charge in [-0.1, -0.05) is 6.07 Å². The number of nitrogens with one attached hydrogen (secondary N) is 1. The number of hydrogen-bond donors (Lipinski definition) is 2. The number of morpholine rings is 1. The molecule has 0 spiro atoms. The zero-order chi connectivity index (χ0) is 23.5. The van der Waals surface area contributed by atoms with Gasteiger partial charge >= 0.3 is 12.1 Å². The fourth-order valence-electron chi connectivity index (χ4n) is 3.60. The van der Waals surface area contributed by atoms with Crippen molar-refractivity contribution in [2.24, 2.45) is 0 Å². The highest BCUT2D eigenvalue weighted by Gasteiger charge is 2.36. The minimum Gasteiger partial charge on any atom is -0.494 e. The molecule has 1 aliphatic rings. The predicted octanol–water partition coefficient (Wildman–Crippen LogP) is 4.11. The molecule has 2 aromatic carbocycles. The highest BCUT2D eigenvalue weighted by molar-refractivity contribution is 5.90. The molecule has 2 atom stereocenters. The van der Waals surface area contributed by atoms with Gasteiger partial charge in [-0.15, -0.1) is 0 Å². The number of carboxylic acids is 1. The van der Waals surface area contributed by atoms with Crippen molar-refractivity contribution in [1.82, 2.24) is 5.32 Å². The van der Waals surface area contributed by atoms with E-state index in [0.717, 1.165) is 17.7 Å². The molecule has 0 radical (unpaired) electrons. The van der Waals surface area contributed by atoms with Gasteiger partial charge in [0.25, 0.3) is 0 Å². The normalized spacial score (nSPS) is 17.8. The summed E-state index contributed by atoms with van der Waals surface area (Å²) in [5.41, 5.74) is -0.860. The summed E-state index contributed by atoms with van der Waals surface area (Å²) in [6, 6.07) is 7.65. The van der Waals surface area contributed by atoms with Crippen molar-refractivity contribution in [2.75, 3.05) is 38.3 Å². The smallest absolute Gasteiger partial charge is 0.417 e. The van der Waals surface area contributed by atoms with Crippen LogP contribution in [-0.4, -0.2) is 50.5 Å². The third kappa shape index (κ3) is 5.49. The Bertz CT molecular complexity index is 967. The van der Waals surface area contributed by atoms with Crippen LogP contribution < -0.4 is 15.0 Å². The maximum atomic E-state index is 13.6. The SMILES string of the molecule is COc1cc([C@@H](C)NCC2CN(c3ccc(C(=O)O)c(C(F)(F)F)c3)CCO2)ccc1F. The number of rotatable bonds is 7. The van der Waals surface area contributed by atoms with Crippen LogP contribution in [0.15, 0.2) is 36.4 Å². The second-order valence-electron chi connectivity index (χ2n) is 7.50. The highest BCUT2D eigenvalue weighted by atomic mass is 19.4. The molecule has 1 fully saturated rings. The first kappa shape index (κ1) is 23.8. The number of ether oxygens (including phenoxy) is 2. The van der Waals surface area contributed by atoms with Crippen LogP contribution >= 0.6 is 0 Å². The Balaban J connectivity index is 1.67. The van der Waals surface area contributed by atoms with Crippen molar-refractivity contribution >= 4 is 11.7 Å². The average molecular weight is 456 g/mol. The Kier molecular flexibility index (Phi) is 7.25. The van der Waals surface area contributed by atoms with Crippen LogP contribution in [0.1, 0.15) is 34.5 Å². The lowest BCUT2D eigenvalue weighted by atomic mass is 10.0. The highest BCUT2D eigenvalue weighted by Crippen LogP contribution is 2.35. The first-order valence-corrected chi connectivity index (χ1v) is 9.98. The molecule has 10 heteroatoms. The van der Waals surface area contributed by atoms with E-state index in [9.17, 15) is 22.4 Å². The molecule has 0 aromatic heterocycles. The third-order valence-corrected chi connectivity index (χ3v) is 5.37. The number of benzene rings is 2. The number of aromatic carboxylic acids is 1. The zero-order valence-corrected chi connectivity index (χ0v) is 17.6. The van der Waals surface area contributed by atoms with Crippen molar-refractivity contribution < 1.29 is 36.9 Å². The summed E-state index contributed by atoms with van der Waals surface area (Å²) in [6.45, 7) is 3.33. The fourth-order valence-corrected chi connectivity index (χ4v) is 3.60. The van der Waals surface area contributed by atoms with Crippen LogP contribution in [0.4, 0.5) is 23.2 Å². The van der Waals surface area contributed by atoms with Gasteiger partial charge in [0.1, 0.15) is 0 Å². The maximum Gasteiger partial charge on any atom is 0.417 e. The van der Waals surface area contributed by atoms with Gasteiger partial charge in [0.15, 0.2) is 11.6 Å². The average Bonchev–Trinajstić information content (AvgIpc) is 2.77. The van der Waals surface area contributed by atoms with E-state index in [1.165, 1.54) is 19.2 Å². The fraction of sp³-hybridized carbons (Fsp3) is 0.409. The van der Waals surface area contributed by atoms with Crippen LogP contribution in [0.5, 0.6) is 5.75 Å². The summed E-state index contributed by atoms with van der Waals surface area (Å²) in [5.74, 6) is -1.94. The Labute approximate surface area is 182 Å². The van der Waals surface area contributed by atoms with Gasteiger partial charge in [-0.05, 0) is 42.8 Å². The molecule has 0 saturated carbocycles. The molecule has 3 rings (SSSR count). The van der Waals surface area contributed by atoms with E-state index in [1.807, 2.05) is 6.92 Å². The molecule has 6 nitrogen and oxygen atoms in total. The lowest BCUT2D eigenvalue weighted by Gasteiger charge is -2.35. The molecule has 1 heterocycles. The zero-order valence-electron chi connectivity index (χ0n) is 17.6. The Morgan fingerprint density at radius 3 is 2.72 bits per heavy atom. The molecule has 0 aliphatic carbocycles. The van der Waals surface area contributed by atoms with Crippen LogP contribution in [-0.2, 0) is 10.9 Å². The molecule has 1 aliphatic heterocycles. The largest absolute Gasteiger partial charge is 0.494 e. The van der Waals surface area contributed by atoms with Crippen molar-refractivity contribution in [3.8, 4) is 5.75 Å². The quantitative estimate of drug-likeness (QED) is 0.612. The first-order valence-electron chi connectivity index (χ1n) is 9.98. The third-order valence-electron chi connectivity index (χ3n) is 5.37. The summed E-state index contributed by atoms with van der Waals surface area (Å²) in [5, 5.41) is 12.3. The summed E-state index contributed by atoms with van der Waals surface area (Å²) in [4.78, 5) is 12.9. The lowest BCUT2D eigenvalue weighted by Crippen LogP contribution is -2.47. The molecule has 0 bridgehead atoms. The molecule has 2 aromatic rings. The molecule has 2 N–H and O–H groups in total. The maximum absolute atomic E-state index is 13.6. The summed E-state index contributed by atoms with van der Waals surface area (Å²) in [6.07, 6.45) is -5.08. The Hall–Kier alpha value is -2.85. The number of carboxylic acid groups (broad SMARTS) is 1. The van der Waals surface area contributed by atoms with Gasteiger partial charge in [0.05, 0.1) is 30.9 Å². The number of halogens is 4. The topological polar surface area (TPSA) is 71.0 Å². The number of anilines is 1. The second kappa shape index (κ2) is 9.74. The summed E-state index contributed by atoms with van der Waals surface area (Å²) in [7, 11) is 1.39. The second-order valence-corrected chi connectivity index (χ2v) is 7.50. The molecule has 174 valence electrons. The molecule has 1 saturated heterocycles. The van der Waals surface area contributed by atoms with Crippen LogP contribution in [0.3, 0.4) is 0 Å². The van der Waals surface area contributed by atoms with E-state index < -0.39 is 29.1 Å². The van der Waals surface area contributed by atoms with Crippen molar-refractivity contribution in [2.45, 2.75) is 25.2 Å². The molecule has 32 heavy (non-hydrogen) atoms. The number of carbonyl (C=O) groups is 1. The molecule has 1 unspecified atom stereocenters. The number of nitrogens with zero attached hydrogens (tertiary/aromatic N) is 1. The van der Waals surface area contributed by atoms with E-state index >= 15 is 0 Å². The van der Waals surface area contributed by atoms with E-state index in [2.05, 4.69) is 5.32 Å². The van der Waals surface area contributed by atoms with Crippen molar-refractivity contribution in [3.05, 3.63) is 58.9 Å². The van der Waals surface area contributed by atoms with Gasteiger partial charge in [0, 0.05) is 31.4 Å². The Morgan fingerprint density at radius 2 is 2.06 bits per heavy atom. The number of methoxy groups -OCH3 is 1. The minimum atomic E-state index is -4.78. The van der Waals surface area contributed by atoms with Gasteiger partial charge in [-0.25, -0.2) is 9.18 Å². The first-order chi connectivity index (χ1) is 15.1. The van der Waals surface area contributed by atoms with Crippen molar-refractivity contribution in [3.63, 3.8) is 0 Å². The number of hydrogen-bond acceptors (Lipinski definition) is 5. The van der Waals surface area contributed by atoms with Gasteiger partial charge in [0.2, 0.25) is 0 Å². The summed E-state index contributed by atoms with van der Waals surface area (Å²) < 4.78 is 64.3. The van der Waals surface area contributed by atoms with E-state index in [4.69, 9.17) is 14.6 Å². The van der Waals surface area contributed by atoms with Crippen molar-refractivity contribution in [1.29, 1.82) is 0 Å². The van der Waals surface area contributed by atoms with Crippen LogP contribution in [0.25, 0.3) is 0 Å². The minimum absolute atomic E-state index is 0.140. The summed E-state index contributed by atoms with van der Waals surface area (Å²) >= 11 is 0. The number of alkyl halides is 3. The predicted molar refractivity (Wildman–Crippen MR) is 110 cm³/mol. The standard InChI is InChI=1S/C22H24F4N2O4/c1-13(14-3-6-19(23)20(9-14)31-2)27-11-16-12-28(7-8-32-16)15-4-5-17(21(29)30)18(10-15)22(24,25)26/h3-6,9-10,13,16,27H,7-8,11-12H2,1-2H3,(H,29,30)/t13-,16?/m1/s1. The van der Waals surface area contributed by atoms with Gasteiger partial charge < -0.3 is 24.8 Å². The van der Waals surface area contributed by atoms with Crippen LogP contribution in [0, 0.1) is 5.82 Å². The van der Waals surface area contributed by atoms with E-state index in [1.54, 1.807) is 17.0 Å². The molecular weight excluding hydrogens is 432 g/mol. The van der Waals surface area contributed by atoms with E-state index in [0.29, 0.717) is 26.2 Å². The van der Waals surface area contributed by atoms with Gasteiger partial charge in [-0.3, -0.25) is 0 Å². The monoisotopic (exact) mass is 456 g/mol. The molecule has 0 amide bonds.